The Kier molecular flexibility index (Phi) is 4.92. The molecule has 1 aromatic carbocycles. The Bertz CT molecular complexity index is 518. The van der Waals surface area contributed by atoms with Gasteiger partial charge in [-0.1, -0.05) is 0 Å². The van der Waals surface area contributed by atoms with E-state index < -0.39 is 28.2 Å². The molecule has 7 nitrogen and oxygen atoms in total. The Balaban J connectivity index is 2.73. The number of halogens is 1. The third-order valence-corrected chi connectivity index (χ3v) is 2.25. The molecule has 0 aliphatic heterocycles. The Morgan fingerprint density at radius 2 is 2.16 bits per heavy atom. The Labute approximate surface area is 107 Å². The number of amides is 1. The molecule has 1 amide bonds. The second kappa shape index (κ2) is 6.43. The van der Waals surface area contributed by atoms with Gasteiger partial charge in [0.05, 0.1) is 24.0 Å². The van der Waals surface area contributed by atoms with Crippen molar-refractivity contribution in [2.75, 3.05) is 13.7 Å². The van der Waals surface area contributed by atoms with Gasteiger partial charge in [0.2, 0.25) is 0 Å². The molecule has 0 fully saturated rings. The van der Waals surface area contributed by atoms with Crippen molar-refractivity contribution in [2.24, 2.45) is 0 Å². The first-order valence-corrected chi connectivity index (χ1v) is 5.24. The maximum Gasteiger partial charge on any atom is 0.307 e. The minimum Gasteiger partial charge on any atom is -0.469 e. The average Bonchev–Trinajstić information content (AvgIpc) is 2.38. The van der Waals surface area contributed by atoms with Gasteiger partial charge in [-0.25, -0.2) is 4.39 Å². The number of hydrogen-bond acceptors (Lipinski definition) is 5. The lowest BCUT2D eigenvalue weighted by Gasteiger charge is -2.05. The molecule has 0 aliphatic rings. The molecule has 0 saturated carbocycles. The number of nitrogens with zero attached hydrogens (tertiary/aromatic N) is 1. The number of rotatable bonds is 5. The average molecular weight is 270 g/mol. The van der Waals surface area contributed by atoms with Gasteiger partial charge in [0, 0.05) is 18.7 Å². The van der Waals surface area contributed by atoms with Crippen molar-refractivity contribution in [1.82, 2.24) is 5.32 Å². The molecule has 102 valence electrons. The molecule has 1 N–H and O–H groups in total. The van der Waals surface area contributed by atoms with Crippen LogP contribution in [0.2, 0.25) is 0 Å². The highest BCUT2D eigenvalue weighted by atomic mass is 19.1. The van der Waals surface area contributed by atoms with E-state index in [-0.39, 0.29) is 18.7 Å². The monoisotopic (exact) mass is 270 g/mol. The van der Waals surface area contributed by atoms with E-state index in [1.807, 2.05) is 0 Å². The summed E-state index contributed by atoms with van der Waals surface area (Å²) < 4.78 is 17.7. The van der Waals surface area contributed by atoms with E-state index >= 15 is 0 Å². The third-order valence-electron chi connectivity index (χ3n) is 2.25. The maximum atomic E-state index is 13.4. The van der Waals surface area contributed by atoms with E-state index in [4.69, 9.17) is 0 Å². The molecule has 0 aromatic heterocycles. The topological polar surface area (TPSA) is 98.5 Å². The lowest BCUT2D eigenvalue weighted by molar-refractivity contribution is -0.384. The summed E-state index contributed by atoms with van der Waals surface area (Å²) in [7, 11) is 1.20. The highest BCUT2D eigenvalue weighted by Gasteiger charge is 2.16. The summed E-state index contributed by atoms with van der Waals surface area (Å²) in [4.78, 5) is 32.2. The van der Waals surface area contributed by atoms with Crippen LogP contribution in [0.25, 0.3) is 0 Å². The highest BCUT2D eigenvalue weighted by molar-refractivity contribution is 5.95. The molecule has 0 atom stereocenters. The predicted molar refractivity (Wildman–Crippen MR) is 62.0 cm³/mol. The third kappa shape index (κ3) is 4.02. The summed E-state index contributed by atoms with van der Waals surface area (Å²) >= 11 is 0. The van der Waals surface area contributed by atoms with Crippen LogP contribution in [0.3, 0.4) is 0 Å². The number of esters is 1. The number of carbonyl (C=O) groups is 2. The van der Waals surface area contributed by atoms with Gasteiger partial charge in [0.25, 0.3) is 11.6 Å². The molecule has 8 heteroatoms. The van der Waals surface area contributed by atoms with Gasteiger partial charge in [-0.2, -0.15) is 0 Å². The largest absolute Gasteiger partial charge is 0.469 e. The summed E-state index contributed by atoms with van der Waals surface area (Å²) in [6, 6.07) is 2.64. The standard InChI is InChI=1S/C11H11FN2O5/c1-19-10(15)4-5-13-11(16)8-6-7(14(17)18)2-3-9(8)12/h2-3,6H,4-5H2,1H3,(H,13,16). The summed E-state index contributed by atoms with van der Waals surface area (Å²) in [6.45, 7) is -0.0480. The van der Waals surface area contributed by atoms with E-state index in [1.54, 1.807) is 0 Å². The first-order chi connectivity index (χ1) is 8.95. The van der Waals surface area contributed by atoms with E-state index in [9.17, 15) is 24.1 Å². The fourth-order valence-electron chi connectivity index (χ4n) is 1.28. The molecule has 0 radical (unpaired) electrons. The Morgan fingerprint density at radius 1 is 1.47 bits per heavy atom. The van der Waals surface area contributed by atoms with Crippen LogP contribution in [0.5, 0.6) is 0 Å². The van der Waals surface area contributed by atoms with Gasteiger partial charge >= 0.3 is 5.97 Å². The van der Waals surface area contributed by atoms with Crippen molar-refractivity contribution >= 4 is 17.6 Å². The van der Waals surface area contributed by atoms with Crippen LogP contribution >= 0.6 is 0 Å². The minimum absolute atomic E-state index is 0.0480. The molecule has 0 unspecified atom stereocenters. The minimum atomic E-state index is -0.874. The second-order valence-electron chi connectivity index (χ2n) is 3.50. The first kappa shape index (κ1) is 14.6. The number of carbonyl (C=O) groups excluding carboxylic acids is 2. The van der Waals surface area contributed by atoms with Crippen LogP contribution in [0.1, 0.15) is 16.8 Å². The molecule has 1 rings (SSSR count). The molecular weight excluding hydrogens is 259 g/mol. The van der Waals surface area contributed by atoms with Crippen molar-refractivity contribution in [3.63, 3.8) is 0 Å². The molecule has 0 bridgehead atoms. The molecular formula is C11H11FN2O5. The molecule has 19 heavy (non-hydrogen) atoms. The van der Waals surface area contributed by atoms with Gasteiger partial charge in [-0.15, -0.1) is 0 Å². The number of ether oxygens (including phenoxy) is 1. The van der Waals surface area contributed by atoms with E-state index in [1.165, 1.54) is 7.11 Å². The highest BCUT2D eigenvalue weighted by Crippen LogP contribution is 2.16. The van der Waals surface area contributed by atoms with Crippen molar-refractivity contribution in [3.05, 3.63) is 39.7 Å². The summed E-state index contributed by atoms with van der Waals surface area (Å²) in [6.07, 6.45) is -0.0706. The molecule has 0 saturated heterocycles. The predicted octanol–water partition coefficient (Wildman–Crippen LogP) is 1.03. The van der Waals surface area contributed by atoms with Crippen molar-refractivity contribution in [1.29, 1.82) is 0 Å². The van der Waals surface area contributed by atoms with Gasteiger partial charge < -0.3 is 10.1 Å². The zero-order valence-electron chi connectivity index (χ0n) is 10.0. The van der Waals surface area contributed by atoms with E-state index in [0.717, 1.165) is 18.2 Å². The molecule has 0 aliphatic carbocycles. The van der Waals surface area contributed by atoms with Crippen molar-refractivity contribution in [3.8, 4) is 0 Å². The molecule has 0 heterocycles. The molecule has 0 spiro atoms. The number of non-ortho nitro benzene ring substituents is 1. The quantitative estimate of drug-likeness (QED) is 0.489. The fraction of sp³-hybridized carbons (Fsp3) is 0.273. The Morgan fingerprint density at radius 3 is 2.74 bits per heavy atom. The summed E-state index contributed by atoms with van der Waals surface area (Å²) in [5.74, 6) is -2.23. The number of nitrogens with one attached hydrogen (secondary N) is 1. The van der Waals surface area contributed by atoms with Gasteiger partial charge in [-0.3, -0.25) is 19.7 Å². The van der Waals surface area contributed by atoms with Crippen LogP contribution in [0, 0.1) is 15.9 Å². The number of methoxy groups -OCH3 is 1. The number of hydrogen-bond donors (Lipinski definition) is 1. The van der Waals surface area contributed by atoms with Gasteiger partial charge in [0.15, 0.2) is 0 Å². The van der Waals surface area contributed by atoms with Gasteiger partial charge in [-0.05, 0) is 6.07 Å². The van der Waals surface area contributed by atoms with Crippen LogP contribution < -0.4 is 5.32 Å². The zero-order valence-corrected chi connectivity index (χ0v) is 10.0. The lowest BCUT2D eigenvalue weighted by Crippen LogP contribution is -2.27. The number of benzene rings is 1. The second-order valence-corrected chi connectivity index (χ2v) is 3.50. The normalized spacial score (nSPS) is 9.79. The van der Waals surface area contributed by atoms with E-state index in [2.05, 4.69) is 10.1 Å². The van der Waals surface area contributed by atoms with Crippen molar-refractivity contribution < 1.29 is 23.6 Å². The SMILES string of the molecule is COC(=O)CCNC(=O)c1cc([N+](=O)[O-])ccc1F. The number of nitro benzene ring substituents is 1. The maximum absolute atomic E-state index is 13.4. The molecule has 1 aromatic rings. The van der Waals surface area contributed by atoms with Gasteiger partial charge in [0.1, 0.15) is 5.82 Å². The van der Waals surface area contributed by atoms with Crippen LogP contribution in [0.15, 0.2) is 18.2 Å². The van der Waals surface area contributed by atoms with Crippen LogP contribution in [-0.4, -0.2) is 30.5 Å². The fourth-order valence-corrected chi connectivity index (χ4v) is 1.28. The zero-order chi connectivity index (χ0) is 14.4. The van der Waals surface area contributed by atoms with E-state index in [0.29, 0.717) is 0 Å². The van der Waals surface area contributed by atoms with Crippen LogP contribution in [0.4, 0.5) is 10.1 Å². The first-order valence-electron chi connectivity index (χ1n) is 5.24. The van der Waals surface area contributed by atoms with Crippen LogP contribution in [-0.2, 0) is 9.53 Å². The number of nitro groups is 1. The van der Waals surface area contributed by atoms with Crippen molar-refractivity contribution in [2.45, 2.75) is 6.42 Å². The summed E-state index contributed by atoms with van der Waals surface area (Å²) in [5, 5.41) is 12.8. The smallest absolute Gasteiger partial charge is 0.307 e. The lowest BCUT2D eigenvalue weighted by atomic mass is 10.1. The Hall–Kier alpha value is -2.51. The summed E-state index contributed by atoms with van der Waals surface area (Å²) in [5.41, 5.74) is -0.835.